The van der Waals surface area contributed by atoms with Crippen molar-refractivity contribution in [2.75, 3.05) is 0 Å². The first-order valence-electron chi connectivity index (χ1n) is 8.09. The smallest absolute Gasteiger partial charge is 0.302 e. The van der Waals surface area contributed by atoms with Crippen molar-refractivity contribution in [3.05, 3.63) is 0 Å². The largest absolute Gasteiger partial charge is 0.462 e. The maximum atomic E-state index is 11.3. The second-order valence-electron chi connectivity index (χ2n) is 8.25. The molecule has 3 heteroatoms. The van der Waals surface area contributed by atoms with Gasteiger partial charge in [0.25, 0.3) is 0 Å². The predicted molar refractivity (Wildman–Crippen MR) is 77.1 cm³/mol. The van der Waals surface area contributed by atoms with E-state index in [-0.39, 0.29) is 22.9 Å². The number of rotatable bonds is 1. The van der Waals surface area contributed by atoms with Crippen LogP contribution in [0.15, 0.2) is 0 Å². The maximum Gasteiger partial charge on any atom is 0.302 e. The van der Waals surface area contributed by atoms with Gasteiger partial charge in [0.05, 0.1) is 5.60 Å². The highest BCUT2D eigenvalue weighted by molar-refractivity contribution is 5.66. The Morgan fingerprint density at radius 2 is 1.95 bits per heavy atom. The van der Waals surface area contributed by atoms with Crippen molar-refractivity contribution in [2.45, 2.75) is 77.9 Å². The molecule has 20 heavy (non-hydrogen) atoms. The second kappa shape index (κ2) is 4.22. The molecule has 0 amide bonds. The van der Waals surface area contributed by atoms with Crippen molar-refractivity contribution in [1.29, 1.82) is 0 Å². The van der Waals surface area contributed by atoms with Crippen LogP contribution in [-0.2, 0) is 9.53 Å². The highest BCUT2D eigenvalue weighted by Gasteiger charge is 2.64. The summed E-state index contributed by atoms with van der Waals surface area (Å²) >= 11 is 0. The van der Waals surface area contributed by atoms with E-state index < -0.39 is 5.60 Å². The molecule has 2 bridgehead atoms. The third-order valence-corrected chi connectivity index (χ3v) is 6.91. The van der Waals surface area contributed by atoms with Crippen LogP contribution in [0.2, 0.25) is 0 Å². The van der Waals surface area contributed by atoms with Crippen LogP contribution in [-0.4, -0.2) is 22.8 Å². The summed E-state index contributed by atoms with van der Waals surface area (Å²) in [5, 5.41) is 10.9. The molecule has 6 atom stereocenters. The van der Waals surface area contributed by atoms with Crippen LogP contribution < -0.4 is 0 Å². The lowest BCUT2D eigenvalue weighted by Gasteiger charge is -2.56. The van der Waals surface area contributed by atoms with E-state index in [2.05, 4.69) is 13.8 Å². The van der Waals surface area contributed by atoms with Crippen molar-refractivity contribution < 1.29 is 14.6 Å². The lowest BCUT2D eigenvalue weighted by atomic mass is 9.50. The minimum absolute atomic E-state index is 0.0763. The summed E-state index contributed by atoms with van der Waals surface area (Å²) in [7, 11) is 0. The molecule has 0 radical (unpaired) electrons. The fourth-order valence-electron chi connectivity index (χ4n) is 5.89. The summed E-state index contributed by atoms with van der Waals surface area (Å²) in [5.41, 5.74) is -0.122. The third kappa shape index (κ3) is 1.85. The molecular weight excluding hydrogens is 252 g/mol. The number of carbonyl (C=O) groups is 1. The number of hydrogen-bond donors (Lipinski definition) is 1. The zero-order chi connectivity index (χ0) is 14.8. The zero-order valence-electron chi connectivity index (χ0n) is 13.2. The van der Waals surface area contributed by atoms with Gasteiger partial charge < -0.3 is 9.84 Å². The summed E-state index contributed by atoms with van der Waals surface area (Å²) in [5.74, 6) is 0.651. The molecule has 3 nitrogen and oxygen atoms in total. The van der Waals surface area contributed by atoms with Gasteiger partial charge >= 0.3 is 5.97 Å². The number of carbonyl (C=O) groups excluding carboxylic acids is 1. The predicted octanol–water partition coefficient (Wildman–Crippen LogP) is 3.30. The van der Waals surface area contributed by atoms with E-state index >= 15 is 0 Å². The van der Waals surface area contributed by atoms with E-state index in [1.54, 1.807) is 0 Å². The Balaban J connectivity index is 1.88. The third-order valence-electron chi connectivity index (χ3n) is 6.91. The molecule has 0 aromatic carbocycles. The van der Waals surface area contributed by atoms with E-state index in [0.717, 1.165) is 38.5 Å². The fourth-order valence-corrected chi connectivity index (χ4v) is 5.89. The summed E-state index contributed by atoms with van der Waals surface area (Å²) in [6, 6.07) is 0. The Morgan fingerprint density at radius 3 is 2.60 bits per heavy atom. The van der Waals surface area contributed by atoms with Gasteiger partial charge in [-0.2, -0.15) is 0 Å². The van der Waals surface area contributed by atoms with Gasteiger partial charge in [0, 0.05) is 12.3 Å². The molecule has 0 heterocycles. The van der Waals surface area contributed by atoms with Crippen LogP contribution in [0.3, 0.4) is 0 Å². The molecule has 1 N–H and O–H groups in total. The van der Waals surface area contributed by atoms with Crippen LogP contribution in [0.25, 0.3) is 0 Å². The summed E-state index contributed by atoms with van der Waals surface area (Å²) in [6.45, 7) is 8.04. The van der Waals surface area contributed by atoms with Crippen LogP contribution >= 0.6 is 0 Å². The Labute approximate surface area is 122 Å². The molecule has 3 aliphatic carbocycles. The molecule has 114 valence electrons. The average Bonchev–Trinajstić information content (AvgIpc) is 2.50. The minimum atomic E-state index is -0.518. The average molecular weight is 280 g/mol. The summed E-state index contributed by atoms with van der Waals surface area (Å²) in [6.07, 6.45) is 6.54. The molecule has 0 aliphatic heterocycles. The highest BCUT2D eigenvalue weighted by Crippen LogP contribution is 2.68. The van der Waals surface area contributed by atoms with Crippen LogP contribution in [0.1, 0.15) is 66.2 Å². The topological polar surface area (TPSA) is 46.5 Å². The first-order valence-corrected chi connectivity index (χ1v) is 8.09. The number of hydrogen-bond acceptors (Lipinski definition) is 3. The number of ether oxygens (including phenoxy) is 1. The van der Waals surface area contributed by atoms with Crippen molar-refractivity contribution in [3.63, 3.8) is 0 Å². The monoisotopic (exact) mass is 280 g/mol. The van der Waals surface area contributed by atoms with Crippen molar-refractivity contribution in [1.82, 2.24) is 0 Å². The standard InChI is InChI=1S/C17H28O3/c1-11-9-17-8-6-14(20-12(2)18)15(3,10-17)7-5-13(17)16(11,4)19/h11,13-14,19H,5-10H2,1-4H3. The van der Waals surface area contributed by atoms with E-state index in [1.165, 1.54) is 6.92 Å². The normalized spacial score (nSPS) is 54.4. The van der Waals surface area contributed by atoms with E-state index in [0.29, 0.717) is 11.8 Å². The Morgan fingerprint density at radius 1 is 1.25 bits per heavy atom. The van der Waals surface area contributed by atoms with Crippen molar-refractivity contribution >= 4 is 5.97 Å². The van der Waals surface area contributed by atoms with E-state index in [1.807, 2.05) is 6.92 Å². The summed E-state index contributed by atoms with van der Waals surface area (Å²) < 4.78 is 5.60. The first-order chi connectivity index (χ1) is 9.20. The van der Waals surface area contributed by atoms with Crippen LogP contribution in [0, 0.1) is 22.7 Å². The van der Waals surface area contributed by atoms with Gasteiger partial charge in [-0.05, 0) is 62.7 Å². The van der Waals surface area contributed by atoms with Gasteiger partial charge in [0.2, 0.25) is 0 Å². The Kier molecular flexibility index (Phi) is 3.03. The molecule has 0 saturated heterocycles. The zero-order valence-corrected chi connectivity index (χ0v) is 13.2. The molecule has 0 aromatic heterocycles. The molecule has 0 aromatic rings. The number of fused-ring (bicyclic) bond motifs is 1. The molecule has 3 fully saturated rings. The van der Waals surface area contributed by atoms with Gasteiger partial charge in [-0.1, -0.05) is 13.8 Å². The summed E-state index contributed by atoms with van der Waals surface area (Å²) in [4.78, 5) is 11.3. The molecule has 3 aliphatic rings. The van der Waals surface area contributed by atoms with Gasteiger partial charge in [-0.15, -0.1) is 0 Å². The quantitative estimate of drug-likeness (QED) is 0.750. The highest BCUT2D eigenvalue weighted by atomic mass is 16.5. The lowest BCUT2D eigenvalue weighted by molar-refractivity contribution is -0.175. The number of aliphatic hydroxyl groups is 1. The fraction of sp³-hybridized carbons (Fsp3) is 0.941. The molecule has 1 spiro atoms. The minimum Gasteiger partial charge on any atom is -0.462 e. The van der Waals surface area contributed by atoms with Crippen molar-refractivity contribution in [2.24, 2.45) is 22.7 Å². The lowest BCUT2D eigenvalue weighted by Crippen LogP contribution is -2.53. The second-order valence-corrected chi connectivity index (χ2v) is 8.25. The van der Waals surface area contributed by atoms with Crippen LogP contribution in [0.4, 0.5) is 0 Å². The van der Waals surface area contributed by atoms with Crippen LogP contribution in [0.5, 0.6) is 0 Å². The van der Waals surface area contributed by atoms with E-state index in [9.17, 15) is 9.90 Å². The van der Waals surface area contributed by atoms with Gasteiger partial charge in [0.15, 0.2) is 0 Å². The number of esters is 1. The molecular formula is C17H28O3. The van der Waals surface area contributed by atoms with E-state index in [4.69, 9.17) is 4.74 Å². The maximum absolute atomic E-state index is 11.3. The first kappa shape index (κ1) is 14.4. The van der Waals surface area contributed by atoms with Gasteiger partial charge in [0.1, 0.15) is 6.10 Å². The molecule has 3 rings (SSSR count). The molecule has 6 unspecified atom stereocenters. The van der Waals surface area contributed by atoms with Gasteiger partial charge in [-0.25, -0.2) is 0 Å². The van der Waals surface area contributed by atoms with Crippen molar-refractivity contribution in [3.8, 4) is 0 Å². The SMILES string of the molecule is CC(=O)OC1CCC23CC(C)C(C)(O)C2CCC1(C)C3. The van der Waals surface area contributed by atoms with Gasteiger partial charge in [-0.3, -0.25) is 4.79 Å². The Bertz CT molecular complexity index is 430. The Hall–Kier alpha value is -0.570. The molecule has 3 saturated carbocycles.